The van der Waals surface area contributed by atoms with E-state index in [0.29, 0.717) is 36.2 Å². The van der Waals surface area contributed by atoms with Crippen LogP contribution in [0.2, 0.25) is 0 Å². The van der Waals surface area contributed by atoms with E-state index in [9.17, 15) is 14.9 Å². The third kappa shape index (κ3) is 3.61. The molecule has 30 heavy (non-hydrogen) atoms. The smallest absolute Gasteiger partial charge is 0.271 e. The highest BCUT2D eigenvalue weighted by molar-refractivity contribution is 8.00. The average Bonchev–Trinajstić information content (AvgIpc) is 3.43. The predicted octanol–water partition coefficient (Wildman–Crippen LogP) is 3.84. The quantitative estimate of drug-likeness (QED) is 0.321. The van der Waals surface area contributed by atoms with Crippen molar-refractivity contribution >= 4 is 29.0 Å². The van der Waals surface area contributed by atoms with Crippen LogP contribution in [0.1, 0.15) is 12.2 Å². The van der Waals surface area contributed by atoms with Crippen LogP contribution < -0.4 is 4.90 Å². The molecule has 0 aliphatic carbocycles. The molecule has 2 aromatic heterocycles. The number of aryl methyl sites for hydroxylation is 1. The van der Waals surface area contributed by atoms with Crippen LogP contribution in [0.3, 0.4) is 0 Å². The van der Waals surface area contributed by atoms with Crippen molar-refractivity contribution in [2.75, 3.05) is 11.4 Å². The normalized spacial score (nSPS) is 16.2. The van der Waals surface area contributed by atoms with Gasteiger partial charge in [-0.15, -0.1) is 16.8 Å². The first-order valence-electron chi connectivity index (χ1n) is 9.30. The van der Waals surface area contributed by atoms with Gasteiger partial charge in [-0.1, -0.05) is 23.9 Å². The number of nitro benzene ring substituents is 1. The molecule has 0 N–H and O–H groups in total. The maximum atomic E-state index is 13.0. The molecule has 1 aliphatic rings. The fourth-order valence-electron chi connectivity index (χ4n) is 3.41. The fraction of sp³-hybridized carbons (Fsp3) is 0.250. The van der Waals surface area contributed by atoms with E-state index in [-0.39, 0.29) is 16.8 Å². The molecule has 154 valence electrons. The molecule has 0 radical (unpaired) electrons. The first-order chi connectivity index (χ1) is 14.5. The summed E-state index contributed by atoms with van der Waals surface area (Å²) in [6, 6.07) is 7.95. The number of hydrogen-bond acceptors (Lipinski definition) is 7. The molecule has 4 rings (SSSR count). The van der Waals surface area contributed by atoms with Crippen molar-refractivity contribution in [3.63, 3.8) is 0 Å². The van der Waals surface area contributed by atoms with Crippen LogP contribution in [0.4, 0.5) is 11.4 Å². The third-order valence-electron chi connectivity index (χ3n) is 4.88. The van der Waals surface area contributed by atoms with Crippen LogP contribution in [0.5, 0.6) is 0 Å². The summed E-state index contributed by atoms with van der Waals surface area (Å²) in [5.41, 5.74) is 1.33. The second-order valence-corrected chi connectivity index (χ2v) is 7.93. The summed E-state index contributed by atoms with van der Waals surface area (Å²) in [6.07, 6.45) is 3.95. The minimum Gasteiger partial charge on any atom is -0.469 e. The first kappa shape index (κ1) is 19.9. The van der Waals surface area contributed by atoms with Crippen LogP contribution in [0.25, 0.3) is 11.4 Å². The number of allylic oxidation sites excluding steroid dienone is 1. The van der Waals surface area contributed by atoms with E-state index in [1.54, 1.807) is 29.4 Å². The number of carbonyl (C=O) groups is 1. The number of carbonyl (C=O) groups excluding carboxylic acids is 1. The molecule has 0 spiro atoms. The number of hydrogen-bond donors (Lipinski definition) is 0. The van der Waals surface area contributed by atoms with Crippen molar-refractivity contribution in [2.24, 2.45) is 0 Å². The van der Waals surface area contributed by atoms with Crippen molar-refractivity contribution in [1.29, 1.82) is 0 Å². The molecule has 10 heteroatoms. The summed E-state index contributed by atoms with van der Waals surface area (Å²) in [6.45, 7) is 6.63. The van der Waals surface area contributed by atoms with Crippen LogP contribution in [0, 0.1) is 17.0 Å². The second kappa shape index (κ2) is 8.15. The van der Waals surface area contributed by atoms with E-state index < -0.39 is 4.92 Å². The van der Waals surface area contributed by atoms with Gasteiger partial charge in [-0.2, -0.15) is 0 Å². The number of nitro groups is 1. The van der Waals surface area contributed by atoms with Gasteiger partial charge in [0.1, 0.15) is 5.76 Å². The van der Waals surface area contributed by atoms with Gasteiger partial charge in [-0.25, -0.2) is 0 Å². The van der Waals surface area contributed by atoms with Gasteiger partial charge in [-0.3, -0.25) is 19.5 Å². The number of amides is 1. The molecule has 1 unspecified atom stereocenters. The molecule has 1 aliphatic heterocycles. The number of aromatic nitrogens is 3. The lowest BCUT2D eigenvalue weighted by Crippen LogP contribution is -2.28. The molecule has 0 saturated carbocycles. The number of anilines is 1. The van der Waals surface area contributed by atoms with E-state index in [4.69, 9.17) is 4.42 Å². The van der Waals surface area contributed by atoms with Gasteiger partial charge in [0, 0.05) is 25.2 Å². The molecule has 3 aromatic rings. The summed E-state index contributed by atoms with van der Waals surface area (Å²) < 4.78 is 7.28. The minimum atomic E-state index is -0.465. The minimum absolute atomic E-state index is 0.0396. The Kier molecular flexibility index (Phi) is 5.40. The van der Waals surface area contributed by atoms with Gasteiger partial charge >= 0.3 is 0 Å². The van der Waals surface area contributed by atoms with Crippen molar-refractivity contribution in [3.05, 3.63) is 65.1 Å². The Balaban J connectivity index is 1.57. The summed E-state index contributed by atoms with van der Waals surface area (Å²) in [7, 11) is 0. The lowest BCUT2D eigenvalue weighted by Gasteiger charge is -2.16. The zero-order chi connectivity index (χ0) is 21.3. The molecule has 1 atom stereocenters. The van der Waals surface area contributed by atoms with E-state index in [0.717, 1.165) is 11.3 Å². The number of benzene rings is 1. The van der Waals surface area contributed by atoms with Gasteiger partial charge in [0.25, 0.3) is 5.69 Å². The van der Waals surface area contributed by atoms with Crippen LogP contribution >= 0.6 is 11.8 Å². The number of thioether (sulfide) groups is 1. The zero-order valence-electron chi connectivity index (χ0n) is 16.2. The SMILES string of the molecule is C=CCn1c(SC2CCN(c3cccc([N+](=O)[O-])c3)C2=O)nnc1-c1ccoc1C. The maximum Gasteiger partial charge on any atom is 0.271 e. The number of non-ortho nitro benzene ring substituents is 1. The van der Waals surface area contributed by atoms with Gasteiger partial charge in [-0.05, 0) is 25.5 Å². The van der Waals surface area contributed by atoms with Crippen molar-refractivity contribution in [2.45, 2.75) is 30.3 Å². The highest BCUT2D eigenvalue weighted by Crippen LogP contribution is 2.35. The molecule has 1 fully saturated rings. The summed E-state index contributed by atoms with van der Waals surface area (Å²) in [4.78, 5) is 25.2. The van der Waals surface area contributed by atoms with Crippen LogP contribution in [0.15, 0.2) is 58.8 Å². The highest BCUT2D eigenvalue weighted by Gasteiger charge is 2.35. The Labute approximate surface area is 176 Å². The monoisotopic (exact) mass is 425 g/mol. The second-order valence-electron chi connectivity index (χ2n) is 6.76. The van der Waals surface area contributed by atoms with Gasteiger partial charge in [0.15, 0.2) is 11.0 Å². The molecule has 3 heterocycles. The molecular formula is C20H19N5O4S. The topological polar surface area (TPSA) is 107 Å². The zero-order valence-corrected chi connectivity index (χ0v) is 17.0. The maximum absolute atomic E-state index is 13.0. The lowest BCUT2D eigenvalue weighted by atomic mass is 10.2. The van der Waals surface area contributed by atoms with Crippen LogP contribution in [-0.4, -0.2) is 37.4 Å². The summed E-state index contributed by atoms with van der Waals surface area (Å²) in [5.74, 6) is 1.29. The molecule has 1 saturated heterocycles. The summed E-state index contributed by atoms with van der Waals surface area (Å²) in [5, 5.41) is 19.9. The molecule has 1 aromatic carbocycles. The number of rotatable bonds is 7. The third-order valence-corrected chi connectivity index (χ3v) is 6.12. The van der Waals surface area contributed by atoms with Gasteiger partial charge in [0.2, 0.25) is 5.91 Å². The fourth-order valence-corrected chi connectivity index (χ4v) is 4.49. The summed E-state index contributed by atoms with van der Waals surface area (Å²) >= 11 is 1.34. The molecule has 1 amide bonds. The largest absolute Gasteiger partial charge is 0.469 e. The van der Waals surface area contributed by atoms with E-state index >= 15 is 0 Å². The standard InChI is InChI=1S/C20H19N5O4S/c1-3-9-24-18(16-8-11-29-13(16)2)21-22-20(24)30-17-7-10-23(19(17)26)14-5-4-6-15(12-14)25(27)28/h3-6,8,11-12,17H,1,7,9-10H2,2H3. The average molecular weight is 425 g/mol. The Morgan fingerprint density at radius 3 is 2.93 bits per heavy atom. The first-order valence-corrected chi connectivity index (χ1v) is 10.2. The van der Waals surface area contributed by atoms with Crippen molar-refractivity contribution < 1.29 is 14.1 Å². The highest BCUT2D eigenvalue weighted by atomic mass is 32.2. The Bertz CT molecular complexity index is 1120. The van der Waals surface area contributed by atoms with Crippen molar-refractivity contribution in [3.8, 4) is 11.4 Å². The van der Waals surface area contributed by atoms with Crippen molar-refractivity contribution in [1.82, 2.24) is 14.8 Å². The lowest BCUT2D eigenvalue weighted by molar-refractivity contribution is -0.384. The number of nitrogens with zero attached hydrogens (tertiary/aromatic N) is 5. The van der Waals surface area contributed by atoms with Gasteiger partial charge < -0.3 is 9.32 Å². The molecule has 0 bridgehead atoms. The Morgan fingerprint density at radius 1 is 1.40 bits per heavy atom. The van der Waals surface area contributed by atoms with E-state index in [1.807, 2.05) is 17.6 Å². The Hall–Kier alpha value is -3.40. The van der Waals surface area contributed by atoms with Gasteiger partial charge in [0.05, 0.1) is 27.7 Å². The van der Waals surface area contributed by atoms with E-state index in [2.05, 4.69) is 16.8 Å². The Morgan fingerprint density at radius 2 is 2.23 bits per heavy atom. The predicted molar refractivity (Wildman–Crippen MR) is 112 cm³/mol. The molecular weight excluding hydrogens is 406 g/mol. The molecule has 9 nitrogen and oxygen atoms in total. The number of furan rings is 1. The van der Waals surface area contributed by atoms with E-state index in [1.165, 1.54) is 23.9 Å². The van der Waals surface area contributed by atoms with Crippen LogP contribution in [-0.2, 0) is 11.3 Å².